The summed E-state index contributed by atoms with van der Waals surface area (Å²) in [7, 11) is 0. The Morgan fingerprint density at radius 2 is 2.16 bits per heavy atom. The number of likely N-dealkylation sites (tertiary alicyclic amines) is 1. The molecular weight excluding hydrogens is 238 g/mol. The number of hydrogen-bond acceptors (Lipinski definition) is 2. The van der Waals surface area contributed by atoms with Crippen LogP contribution < -0.4 is 0 Å². The SMILES string of the molecule is C#CC1N(C(=O)OCc2ccccc2)CC12CCC2. The molecule has 1 aliphatic carbocycles. The van der Waals surface area contributed by atoms with Crippen LogP contribution in [-0.4, -0.2) is 23.6 Å². The van der Waals surface area contributed by atoms with Crippen LogP contribution >= 0.6 is 0 Å². The lowest BCUT2D eigenvalue weighted by molar-refractivity contribution is -0.0865. The number of rotatable bonds is 2. The Hall–Kier alpha value is -1.95. The average molecular weight is 255 g/mol. The molecule has 2 aliphatic rings. The largest absolute Gasteiger partial charge is 0.445 e. The average Bonchev–Trinajstić information content (AvgIpc) is 2.35. The Morgan fingerprint density at radius 3 is 2.74 bits per heavy atom. The number of terminal acetylenes is 1. The molecule has 1 aromatic rings. The first kappa shape index (κ1) is 12.1. The number of carbonyl (C=O) groups is 1. The van der Waals surface area contributed by atoms with E-state index in [1.165, 1.54) is 6.42 Å². The molecule has 1 spiro atoms. The van der Waals surface area contributed by atoms with Crippen molar-refractivity contribution < 1.29 is 9.53 Å². The van der Waals surface area contributed by atoms with Crippen molar-refractivity contribution in [2.24, 2.45) is 5.41 Å². The van der Waals surface area contributed by atoms with Crippen molar-refractivity contribution in [1.29, 1.82) is 0 Å². The van der Waals surface area contributed by atoms with Crippen LogP contribution in [0.4, 0.5) is 4.79 Å². The van der Waals surface area contributed by atoms with E-state index in [4.69, 9.17) is 11.2 Å². The smallest absolute Gasteiger partial charge is 0.411 e. The predicted molar refractivity (Wildman–Crippen MR) is 72.2 cm³/mol. The van der Waals surface area contributed by atoms with E-state index in [0.29, 0.717) is 6.61 Å². The minimum Gasteiger partial charge on any atom is -0.445 e. The monoisotopic (exact) mass is 255 g/mol. The molecule has 1 aliphatic heterocycles. The van der Waals surface area contributed by atoms with Crippen molar-refractivity contribution in [3.05, 3.63) is 35.9 Å². The molecule has 1 amide bonds. The standard InChI is InChI=1S/C16H17NO2/c1-2-14-16(9-6-10-16)12-17(14)15(18)19-11-13-7-4-3-5-8-13/h1,3-5,7-8,14H,6,9-12H2. The van der Waals surface area contributed by atoms with Gasteiger partial charge in [-0.1, -0.05) is 42.7 Å². The maximum absolute atomic E-state index is 12.0. The zero-order valence-corrected chi connectivity index (χ0v) is 10.8. The molecule has 0 bridgehead atoms. The van der Waals surface area contributed by atoms with Gasteiger partial charge in [-0.2, -0.15) is 0 Å². The van der Waals surface area contributed by atoms with Gasteiger partial charge >= 0.3 is 6.09 Å². The van der Waals surface area contributed by atoms with Crippen molar-refractivity contribution in [3.63, 3.8) is 0 Å². The van der Waals surface area contributed by atoms with Gasteiger partial charge in [0.15, 0.2) is 0 Å². The summed E-state index contributed by atoms with van der Waals surface area (Å²) in [5.74, 6) is 2.75. The Labute approximate surface area is 113 Å². The van der Waals surface area contributed by atoms with Crippen molar-refractivity contribution in [1.82, 2.24) is 4.90 Å². The summed E-state index contributed by atoms with van der Waals surface area (Å²) in [5.41, 5.74) is 1.20. The molecule has 1 saturated carbocycles. The summed E-state index contributed by atoms with van der Waals surface area (Å²) in [6.45, 7) is 1.07. The molecule has 19 heavy (non-hydrogen) atoms. The molecule has 1 heterocycles. The number of hydrogen-bond donors (Lipinski definition) is 0. The molecular formula is C16H17NO2. The van der Waals surface area contributed by atoms with Crippen LogP contribution in [0.1, 0.15) is 24.8 Å². The molecule has 0 radical (unpaired) electrons. The Bertz CT molecular complexity index is 513. The predicted octanol–water partition coefficient (Wildman–Crippen LogP) is 2.81. The Balaban J connectivity index is 1.56. The first-order valence-electron chi connectivity index (χ1n) is 6.69. The van der Waals surface area contributed by atoms with Crippen molar-refractivity contribution in [2.45, 2.75) is 31.9 Å². The summed E-state index contributed by atoms with van der Waals surface area (Å²) in [6.07, 6.45) is 8.78. The first-order chi connectivity index (χ1) is 9.25. The fourth-order valence-electron chi connectivity index (χ4n) is 3.04. The van der Waals surface area contributed by atoms with Gasteiger partial charge in [-0.05, 0) is 18.4 Å². The molecule has 3 rings (SSSR count). The summed E-state index contributed by atoms with van der Waals surface area (Å²) < 4.78 is 5.32. The van der Waals surface area contributed by atoms with Gasteiger partial charge in [0.25, 0.3) is 0 Å². The molecule has 1 saturated heterocycles. The molecule has 1 aromatic carbocycles. The van der Waals surface area contributed by atoms with Crippen LogP contribution in [0.2, 0.25) is 0 Å². The van der Waals surface area contributed by atoms with Crippen LogP contribution in [0, 0.1) is 17.8 Å². The summed E-state index contributed by atoms with van der Waals surface area (Å²) in [6, 6.07) is 9.62. The molecule has 1 unspecified atom stereocenters. The highest BCUT2D eigenvalue weighted by molar-refractivity contribution is 5.70. The molecule has 98 valence electrons. The van der Waals surface area contributed by atoms with E-state index >= 15 is 0 Å². The molecule has 2 fully saturated rings. The molecule has 1 atom stereocenters. The van der Waals surface area contributed by atoms with E-state index in [2.05, 4.69) is 5.92 Å². The minimum atomic E-state index is -0.288. The zero-order chi connectivity index (χ0) is 13.3. The number of nitrogens with zero attached hydrogens (tertiary/aromatic N) is 1. The summed E-state index contributed by atoms with van der Waals surface area (Å²) in [4.78, 5) is 13.7. The number of amides is 1. The quantitative estimate of drug-likeness (QED) is 0.760. The Morgan fingerprint density at radius 1 is 1.42 bits per heavy atom. The summed E-state index contributed by atoms with van der Waals surface area (Å²) in [5, 5.41) is 0. The zero-order valence-electron chi connectivity index (χ0n) is 10.8. The van der Waals surface area contributed by atoms with E-state index < -0.39 is 0 Å². The van der Waals surface area contributed by atoms with Gasteiger partial charge in [-0.15, -0.1) is 6.42 Å². The highest BCUT2D eigenvalue weighted by atomic mass is 16.6. The maximum atomic E-state index is 12.0. The van der Waals surface area contributed by atoms with Gasteiger partial charge in [-0.3, -0.25) is 4.90 Å². The topological polar surface area (TPSA) is 29.5 Å². The fraction of sp³-hybridized carbons (Fsp3) is 0.438. The normalized spacial score (nSPS) is 23.1. The van der Waals surface area contributed by atoms with Crippen molar-refractivity contribution in [3.8, 4) is 12.3 Å². The molecule has 3 nitrogen and oxygen atoms in total. The van der Waals surface area contributed by atoms with Gasteiger partial charge < -0.3 is 4.74 Å². The van der Waals surface area contributed by atoms with Gasteiger partial charge in [0, 0.05) is 12.0 Å². The maximum Gasteiger partial charge on any atom is 0.411 e. The van der Waals surface area contributed by atoms with Crippen LogP contribution in [0.15, 0.2) is 30.3 Å². The second kappa shape index (κ2) is 4.62. The van der Waals surface area contributed by atoms with E-state index in [-0.39, 0.29) is 17.6 Å². The number of ether oxygens (including phenoxy) is 1. The van der Waals surface area contributed by atoms with Gasteiger partial charge in [0.1, 0.15) is 12.6 Å². The highest BCUT2D eigenvalue weighted by Gasteiger charge is 2.57. The third kappa shape index (κ3) is 1.98. The van der Waals surface area contributed by atoms with E-state index in [0.717, 1.165) is 24.9 Å². The second-order valence-corrected chi connectivity index (χ2v) is 5.45. The lowest BCUT2D eigenvalue weighted by Gasteiger charge is -2.59. The van der Waals surface area contributed by atoms with Gasteiger partial charge in [0.2, 0.25) is 0 Å². The van der Waals surface area contributed by atoms with E-state index in [1.807, 2.05) is 30.3 Å². The second-order valence-electron chi connectivity index (χ2n) is 5.45. The number of benzene rings is 1. The van der Waals surface area contributed by atoms with Crippen molar-refractivity contribution in [2.75, 3.05) is 6.54 Å². The Kier molecular flexibility index (Phi) is 2.94. The van der Waals surface area contributed by atoms with Crippen LogP contribution in [0.5, 0.6) is 0 Å². The molecule has 3 heteroatoms. The molecule has 0 aromatic heterocycles. The summed E-state index contributed by atoms with van der Waals surface area (Å²) >= 11 is 0. The highest BCUT2D eigenvalue weighted by Crippen LogP contribution is 2.52. The van der Waals surface area contributed by atoms with Crippen LogP contribution in [0.3, 0.4) is 0 Å². The van der Waals surface area contributed by atoms with E-state index in [1.54, 1.807) is 4.90 Å². The third-order valence-corrected chi connectivity index (χ3v) is 4.32. The van der Waals surface area contributed by atoms with Gasteiger partial charge in [-0.25, -0.2) is 4.79 Å². The molecule has 0 N–H and O–H groups in total. The first-order valence-corrected chi connectivity index (χ1v) is 6.69. The van der Waals surface area contributed by atoms with E-state index in [9.17, 15) is 4.79 Å². The fourth-order valence-corrected chi connectivity index (χ4v) is 3.04. The van der Waals surface area contributed by atoms with Crippen LogP contribution in [-0.2, 0) is 11.3 Å². The minimum absolute atomic E-state index is 0.0653. The lowest BCUT2D eigenvalue weighted by Crippen LogP contribution is -2.68. The number of carbonyl (C=O) groups excluding carboxylic acids is 1. The van der Waals surface area contributed by atoms with Crippen molar-refractivity contribution >= 4 is 6.09 Å². The van der Waals surface area contributed by atoms with Crippen LogP contribution in [0.25, 0.3) is 0 Å². The van der Waals surface area contributed by atoms with Gasteiger partial charge in [0.05, 0.1) is 0 Å². The lowest BCUT2D eigenvalue weighted by atomic mass is 9.58. The third-order valence-electron chi connectivity index (χ3n) is 4.32.